The molecule has 2 atom stereocenters. The number of hydrogen-bond donors (Lipinski definition) is 2. The molecule has 0 saturated heterocycles. The lowest BCUT2D eigenvalue weighted by Gasteiger charge is -2.23. The lowest BCUT2D eigenvalue weighted by molar-refractivity contribution is 0.124. The molecule has 1 aromatic rings. The number of benzene rings is 1. The molecular weight excluding hydrogens is 224 g/mol. The van der Waals surface area contributed by atoms with Crippen molar-refractivity contribution >= 4 is 0 Å². The standard InChI is InChI=1S/C13H17F2NO/c1-2-12(16-9-4-5-9)13(17)8-3-6-10(14)11(15)7-8/h3,6-7,9,12-13,16-17H,2,4-5H2,1H3. The molecule has 2 N–H and O–H groups in total. The summed E-state index contributed by atoms with van der Waals surface area (Å²) in [5.74, 6) is -1.80. The van der Waals surface area contributed by atoms with E-state index in [9.17, 15) is 13.9 Å². The molecule has 0 aromatic heterocycles. The maximum Gasteiger partial charge on any atom is 0.159 e. The van der Waals surface area contributed by atoms with Crippen molar-refractivity contribution in [3.8, 4) is 0 Å². The van der Waals surface area contributed by atoms with Crippen LogP contribution in [0.25, 0.3) is 0 Å². The van der Waals surface area contributed by atoms with Crippen molar-refractivity contribution in [2.75, 3.05) is 0 Å². The van der Waals surface area contributed by atoms with E-state index >= 15 is 0 Å². The third kappa shape index (κ3) is 3.01. The Morgan fingerprint density at radius 3 is 2.59 bits per heavy atom. The van der Waals surface area contributed by atoms with E-state index in [0.717, 1.165) is 31.4 Å². The van der Waals surface area contributed by atoms with Crippen LogP contribution in [0.5, 0.6) is 0 Å². The predicted octanol–water partition coefficient (Wildman–Crippen LogP) is 2.53. The fourth-order valence-corrected chi connectivity index (χ4v) is 1.91. The van der Waals surface area contributed by atoms with Gasteiger partial charge in [0, 0.05) is 12.1 Å². The summed E-state index contributed by atoms with van der Waals surface area (Å²) in [7, 11) is 0. The van der Waals surface area contributed by atoms with E-state index in [2.05, 4.69) is 5.32 Å². The lowest BCUT2D eigenvalue weighted by Crippen LogP contribution is -2.36. The average Bonchev–Trinajstić information content (AvgIpc) is 3.12. The summed E-state index contributed by atoms with van der Waals surface area (Å²) < 4.78 is 25.9. The Bertz CT molecular complexity index is 393. The van der Waals surface area contributed by atoms with Gasteiger partial charge >= 0.3 is 0 Å². The SMILES string of the molecule is CCC(NC1CC1)C(O)c1ccc(F)c(F)c1. The minimum absolute atomic E-state index is 0.104. The van der Waals surface area contributed by atoms with Gasteiger partial charge in [-0.05, 0) is 37.0 Å². The van der Waals surface area contributed by atoms with E-state index in [0.29, 0.717) is 11.6 Å². The highest BCUT2D eigenvalue weighted by molar-refractivity contribution is 5.21. The van der Waals surface area contributed by atoms with E-state index in [1.807, 2.05) is 6.92 Å². The molecule has 1 aromatic carbocycles. The molecule has 2 unspecified atom stereocenters. The minimum Gasteiger partial charge on any atom is -0.387 e. The molecule has 0 spiro atoms. The van der Waals surface area contributed by atoms with Gasteiger partial charge in [-0.25, -0.2) is 8.78 Å². The van der Waals surface area contributed by atoms with Crippen LogP contribution in [-0.4, -0.2) is 17.2 Å². The Kier molecular flexibility index (Phi) is 3.74. The zero-order valence-corrected chi connectivity index (χ0v) is 9.79. The Morgan fingerprint density at radius 1 is 1.35 bits per heavy atom. The third-order valence-electron chi connectivity index (χ3n) is 3.13. The van der Waals surface area contributed by atoms with Gasteiger partial charge in [-0.15, -0.1) is 0 Å². The molecule has 1 fully saturated rings. The van der Waals surface area contributed by atoms with Crippen molar-refractivity contribution in [3.05, 3.63) is 35.4 Å². The summed E-state index contributed by atoms with van der Waals surface area (Å²) in [5, 5.41) is 13.4. The largest absolute Gasteiger partial charge is 0.387 e. The molecule has 1 saturated carbocycles. The highest BCUT2D eigenvalue weighted by Gasteiger charge is 2.28. The van der Waals surface area contributed by atoms with Crippen LogP contribution in [0, 0.1) is 11.6 Å². The second-order valence-electron chi connectivity index (χ2n) is 4.57. The van der Waals surface area contributed by atoms with Gasteiger partial charge < -0.3 is 10.4 Å². The average molecular weight is 241 g/mol. The number of halogens is 2. The van der Waals surface area contributed by atoms with E-state index in [-0.39, 0.29) is 6.04 Å². The molecule has 0 radical (unpaired) electrons. The fourth-order valence-electron chi connectivity index (χ4n) is 1.91. The molecule has 0 heterocycles. The summed E-state index contributed by atoms with van der Waals surface area (Å²) in [6.45, 7) is 1.96. The molecule has 2 rings (SSSR count). The minimum atomic E-state index is -0.914. The maximum atomic E-state index is 13.1. The van der Waals surface area contributed by atoms with Crippen molar-refractivity contribution in [3.63, 3.8) is 0 Å². The van der Waals surface area contributed by atoms with Crippen LogP contribution < -0.4 is 5.32 Å². The lowest BCUT2D eigenvalue weighted by atomic mass is 10.00. The normalized spacial score (nSPS) is 19.1. The van der Waals surface area contributed by atoms with E-state index in [4.69, 9.17) is 0 Å². The van der Waals surface area contributed by atoms with Gasteiger partial charge in [-0.2, -0.15) is 0 Å². The van der Waals surface area contributed by atoms with Gasteiger partial charge in [-0.1, -0.05) is 13.0 Å². The smallest absolute Gasteiger partial charge is 0.159 e. The first kappa shape index (κ1) is 12.5. The van der Waals surface area contributed by atoms with Gasteiger partial charge in [-0.3, -0.25) is 0 Å². The zero-order valence-electron chi connectivity index (χ0n) is 9.79. The second kappa shape index (κ2) is 5.10. The van der Waals surface area contributed by atoms with Crippen molar-refractivity contribution in [1.82, 2.24) is 5.32 Å². The van der Waals surface area contributed by atoms with E-state index < -0.39 is 17.7 Å². The first-order chi connectivity index (χ1) is 8.11. The van der Waals surface area contributed by atoms with Crippen LogP contribution >= 0.6 is 0 Å². The van der Waals surface area contributed by atoms with Gasteiger partial charge in [0.1, 0.15) is 0 Å². The molecule has 0 bridgehead atoms. The number of aliphatic hydroxyl groups is 1. The Labute approximate surface area is 99.7 Å². The predicted molar refractivity (Wildman–Crippen MR) is 61.6 cm³/mol. The van der Waals surface area contributed by atoms with Crippen LogP contribution in [0.3, 0.4) is 0 Å². The van der Waals surface area contributed by atoms with Crippen LogP contribution in [0.4, 0.5) is 8.78 Å². The Balaban J connectivity index is 2.09. The highest BCUT2D eigenvalue weighted by Crippen LogP contribution is 2.26. The first-order valence-electron chi connectivity index (χ1n) is 6.01. The number of nitrogens with one attached hydrogen (secondary N) is 1. The molecule has 4 heteroatoms. The van der Waals surface area contributed by atoms with E-state index in [1.54, 1.807) is 0 Å². The third-order valence-corrected chi connectivity index (χ3v) is 3.13. The summed E-state index contributed by atoms with van der Waals surface area (Å²) in [4.78, 5) is 0. The first-order valence-corrected chi connectivity index (χ1v) is 6.01. The summed E-state index contributed by atoms with van der Waals surface area (Å²) in [6, 6.07) is 3.92. The molecule has 1 aliphatic carbocycles. The molecule has 94 valence electrons. The van der Waals surface area contributed by atoms with Crippen LogP contribution in [0.15, 0.2) is 18.2 Å². The second-order valence-corrected chi connectivity index (χ2v) is 4.57. The van der Waals surface area contributed by atoms with Gasteiger partial charge in [0.2, 0.25) is 0 Å². The van der Waals surface area contributed by atoms with Crippen molar-refractivity contribution < 1.29 is 13.9 Å². The number of hydrogen-bond acceptors (Lipinski definition) is 2. The molecule has 2 nitrogen and oxygen atoms in total. The zero-order chi connectivity index (χ0) is 12.4. The van der Waals surface area contributed by atoms with Crippen LogP contribution in [-0.2, 0) is 0 Å². The topological polar surface area (TPSA) is 32.3 Å². The molecule has 1 aliphatic rings. The fraction of sp³-hybridized carbons (Fsp3) is 0.538. The van der Waals surface area contributed by atoms with Crippen molar-refractivity contribution in [2.45, 2.75) is 44.4 Å². The van der Waals surface area contributed by atoms with Gasteiger partial charge in [0.25, 0.3) is 0 Å². The van der Waals surface area contributed by atoms with Gasteiger partial charge in [0.15, 0.2) is 11.6 Å². The summed E-state index contributed by atoms with van der Waals surface area (Å²) >= 11 is 0. The van der Waals surface area contributed by atoms with Crippen molar-refractivity contribution in [1.29, 1.82) is 0 Å². The number of aliphatic hydroxyl groups excluding tert-OH is 1. The number of rotatable bonds is 5. The summed E-state index contributed by atoms with van der Waals surface area (Å²) in [5.41, 5.74) is 0.420. The van der Waals surface area contributed by atoms with E-state index in [1.165, 1.54) is 6.07 Å². The molecule has 17 heavy (non-hydrogen) atoms. The van der Waals surface area contributed by atoms with Crippen LogP contribution in [0.2, 0.25) is 0 Å². The monoisotopic (exact) mass is 241 g/mol. The Hall–Kier alpha value is -1.00. The molecule has 0 aliphatic heterocycles. The maximum absolute atomic E-state index is 13.1. The van der Waals surface area contributed by atoms with Gasteiger partial charge in [0.05, 0.1) is 6.10 Å². The quantitative estimate of drug-likeness (QED) is 0.830. The highest BCUT2D eigenvalue weighted by atomic mass is 19.2. The molecule has 0 amide bonds. The molecular formula is C13H17F2NO. The van der Waals surface area contributed by atoms with Crippen LogP contribution in [0.1, 0.15) is 37.9 Å². The Morgan fingerprint density at radius 2 is 2.06 bits per heavy atom. The summed E-state index contributed by atoms with van der Waals surface area (Å²) in [6.07, 6.45) is 2.20. The van der Waals surface area contributed by atoms with Crippen molar-refractivity contribution in [2.24, 2.45) is 0 Å².